The molecule has 1 aliphatic rings. The van der Waals surface area contributed by atoms with E-state index in [1.54, 1.807) is 6.92 Å². The van der Waals surface area contributed by atoms with E-state index in [0.29, 0.717) is 11.6 Å². The molecule has 1 aliphatic carbocycles. The first kappa shape index (κ1) is 13.6. The second kappa shape index (κ2) is 5.43. The molecule has 1 aromatic carbocycles. The average Bonchev–Trinajstić information content (AvgIpc) is 3.09. The molecule has 4 nitrogen and oxygen atoms in total. The number of esters is 1. The van der Waals surface area contributed by atoms with Gasteiger partial charge in [0, 0.05) is 5.69 Å². The van der Waals surface area contributed by atoms with Crippen molar-refractivity contribution < 1.29 is 14.3 Å². The molecule has 1 aromatic rings. The van der Waals surface area contributed by atoms with Crippen molar-refractivity contribution >= 4 is 17.6 Å². The molecule has 1 amide bonds. The molecule has 0 heterocycles. The quantitative estimate of drug-likeness (QED) is 0.847. The van der Waals surface area contributed by atoms with E-state index in [-0.39, 0.29) is 17.8 Å². The SMILES string of the molecule is Cc1ccc(NC(=O)C(C)OC(=O)C2CC2C)cc1. The molecule has 3 unspecified atom stereocenters. The van der Waals surface area contributed by atoms with Crippen molar-refractivity contribution in [1.82, 2.24) is 0 Å². The lowest BCUT2D eigenvalue weighted by Crippen LogP contribution is -2.30. The minimum absolute atomic E-state index is 0.0189. The number of benzene rings is 1. The normalized spacial score (nSPS) is 22.5. The number of amides is 1. The van der Waals surface area contributed by atoms with Crippen LogP contribution in [0.4, 0.5) is 5.69 Å². The highest BCUT2D eigenvalue weighted by atomic mass is 16.5. The van der Waals surface area contributed by atoms with E-state index >= 15 is 0 Å². The van der Waals surface area contributed by atoms with Crippen LogP contribution in [0, 0.1) is 18.8 Å². The summed E-state index contributed by atoms with van der Waals surface area (Å²) in [5.74, 6) is -0.195. The third-order valence-electron chi connectivity index (χ3n) is 3.39. The minimum atomic E-state index is -0.762. The molecular formula is C15H19NO3. The summed E-state index contributed by atoms with van der Waals surface area (Å²) in [5.41, 5.74) is 1.83. The number of ether oxygens (including phenoxy) is 1. The Hall–Kier alpha value is -1.84. The monoisotopic (exact) mass is 261 g/mol. The highest BCUT2D eigenvalue weighted by Gasteiger charge is 2.41. The maximum absolute atomic E-state index is 11.9. The van der Waals surface area contributed by atoms with Gasteiger partial charge in [-0.25, -0.2) is 0 Å². The van der Waals surface area contributed by atoms with Crippen LogP contribution in [0.3, 0.4) is 0 Å². The second-order valence-corrected chi connectivity index (χ2v) is 5.25. The van der Waals surface area contributed by atoms with Gasteiger partial charge in [0.1, 0.15) is 0 Å². The van der Waals surface area contributed by atoms with E-state index in [1.165, 1.54) is 0 Å². The van der Waals surface area contributed by atoms with E-state index in [0.717, 1.165) is 12.0 Å². The largest absolute Gasteiger partial charge is 0.452 e. The number of aryl methyl sites for hydroxylation is 1. The predicted octanol–water partition coefficient (Wildman–Crippen LogP) is 2.52. The maximum Gasteiger partial charge on any atom is 0.309 e. The molecule has 0 saturated heterocycles. The smallest absolute Gasteiger partial charge is 0.309 e. The molecule has 0 spiro atoms. The molecule has 1 fully saturated rings. The molecule has 1 saturated carbocycles. The first-order valence-corrected chi connectivity index (χ1v) is 6.55. The summed E-state index contributed by atoms with van der Waals surface area (Å²) in [7, 11) is 0. The number of rotatable bonds is 4. The molecule has 0 aromatic heterocycles. The van der Waals surface area contributed by atoms with Gasteiger partial charge in [-0.05, 0) is 38.3 Å². The predicted molar refractivity (Wildman–Crippen MR) is 72.6 cm³/mol. The van der Waals surface area contributed by atoms with Crippen LogP contribution < -0.4 is 5.32 Å². The minimum Gasteiger partial charge on any atom is -0.452 e. The van der Waals surface area contributed by atoms with Crippen LogP contribution in [0.25, 0.3) is 0 Å². The fourth-order valence-corrected chi connectivity index (χ4v) is 1.85. The highest BCUT2D eigenvalue weighted by Crippen LogP contribution is 2.38. The van der Waals surface area contributed by atoms with Crippen molar-refractivity contribution in [2.75, 3.05) is 5.32 Å². The third kappa shape index (κ3) is 3.56. The van der Waals surface area contributed by atoms with Crippen molar-refractivity contribution in [2.24, 2.45) is 11.8 Å². The zero-order chi connectivity index (χ0) is 14.0. The van der Waals surface area contributed by atoms with Gasteiger partial charge in [0.15, 0.2) is 6.10 Å². The second-order valence-electron chi connectivity index (χ2n) is 5.25. The van der Waals surface area contributed by atoms with Gasteiger partial charge in [-0.3, -0.25) is 9.59 Å². The fourth-order valence-electron chi connectivity index (χ4n) is 1.85. The van der Waals surface area contributed by atoms with Gasteiger partial charge in [0.2, 0.25) is 0 Å². The molecule has 2 rings (SSSR count). The number of hydrogen-bond acceptors (Lipinski definition) is 3. The van der Waals surface area contributed by atoms with Crippen LogP contribution in [0.1, 0.15) is 25.8 Å². The summed E-state index contributed by atoms with van der Waals surface area (Å²) in [5, 5.41) is 2.73. The Morgan fingerprint density at radius 1 is 1.32 bits per heavy atom. The molecule has 19 heavy (non-hydrogen) atoms. The van der Waals surface area contributed by atoms with Crippen LogP contribution >= 0.6 is 0 Å². The zero-order valence-corrected chi connectivity index (χ0v) is 11.5. The van der Waals surface area contributed by atoms with E-state index in [2.05, 4.69) is 5.32 Å². The van der Waals surface area contributed by atoms with Crippen LogP contribution in [0.2, 0.25) is 0 Å². The first-order chi connectivity index (χ1) is 8.97. The standard InChI is InChI=1S/C15H19NO3/c1-9-4-6-12(7-5-9)16-14(17)11(3)19-15(18)13-8-10(13)2/h4-7,10-11,13H,8H2,1-3H3,(H,16,17). The topological polar surface area (TPSA) is 55.4 Å². The van der Waals surface area contributed by atoms with Crippen molar-refractivity contribution in [3.05, 3.63) is 29.8 Å². The van der Waals surface area contributed by atoms with Crippen LogP contribution in [0.15, 0.2) is 24.3 Å². The molecular weight excluding hydrogens is 242 g/mol. The van der Waals surface area contributed by atoms with Crippen LogP contribution in [-0.2, 0) is 14.3 Å². The molecule has 102 valence electrons. The zero-order valence-electron chi connectivity index (χ0n) is 11.5. The Kier molecular flexibility index (Phi) is 3.88. The van der Waals surface area contributed by atoms with Gasteiger partial charge in [0.05, 0.1) is 5.92 Å². The van der Waals surface area contributed by atoms with Gasteiger partial charge in [-0.1, -0.05) is 24.6 Å². The van der Waals surface area contributed by atoms with E-state index in [4.69, 9.17) is 4.74 Å². The maximum atomic E-state index is 11.9. The molecule has 4 heteroatoms. The fraction of sp³-hybridized carbons (Fsp3) is 0.467. The number of hydrogen-bond donors (Lipinski definition) is 1. The Balaban J connectivity index is 1.85. The Morgan fingerprint density at radius 2 is 1.89 bits per heavy atom. The van der Waals surface area contributed by atoms with Gasteiger partial charge < -0.3 is 10.1 Å². The number of nitrogens with one attached hydrogen (secondary N) is 1. The van der Waals surface area contributed by atoms with Crippen molar-refractivity contribution in [2.45, 2.75) is 33.3 Å². The number of carbonyl (C=O) groups excluding carboxylic acids is 2. The molecule has 3 atom stereocenters. The van der Waals surface area contributed by atoms with E-state index in [9.17, 15) is 9.59 Å². The van der Waals surface area contributed by atoms with Gasteiger partial charge in [-0.2, -0.15) is 0 Å². The summed E-state index contributed by atoms with van der Waals surface area (Å²) in [6.45, 7) is 5.57. The summed E-state index contributed by atoms with van der Waals surface area (Å²) in [6, 6.07) is 7.48. The van der Waals surface area contributed by atoms with Crippen molar-refractivity contribution in [1.29, 1.82) is 0 Å². The lowest BCUT2D eigenvalue weighted by molar-refractivity contribution is -0.154. The van der Waals surface area contributed by atoms with Crippen LogP contribution in [0.5, 0.6) is 0 Å². The first-order valence-electron chi connectivity index (χ1n) is 6.55. The third-order valence-corrected chi connectivity index (χ3v) is 3.39. The number of anilines is 1. The molecule has 0 aliphatic heterocycles. The molecule has 0 bridgehead atoms. The molecule has 0 radical (unpaired) electrons. The Morgan fingerprint density at radius 3 is 2.42 bits per heavy atom. The van der Waals surface area contributed by atoms with Gasteiger partial charge >= 0.3 is 5.97 Å². The van der Waals surface area contributed by atoms with Crippen molar-refractivity contribution in [3.8, 4) is 0 Å². The summed E-state index contributed by atoms with van der Waals surface area (Å²) in [6.07, 6.45) is 0.104. The highest BCUT2D eigenvalue weighted by molar-refractivity contribution is 5.95. The van der Waals surface area contributed by atoms with E-state index in [1.807, 2.05) is 38.1 Å². The van der Waals surface area contributed by atoms with Crippen molar-refractivity contribution in [3.63, 3.8) is 0 Å². The van der Waals surface area contributed by atoms with Crippen LogP contribution in [-0.4, -0.2) is 18.0 Å². The Labute approximate surface area is 113 Å². The lowest BCUT2D eigenvalue weighted by Gasteiger charge is -2.13. The van der Waals surface area contributed by atoms with E-state index < -0.39 is 6.10 Å². The molecule has 1 N–H and O–H groups in total. The van der Waals surface area contributed by atoms with Gasteiger partial charge in [0.25, 0.3) is 5.91 Å². The average molecular weight is 261 g/mol. The number of carbonyl (C=O) groups is 2. The summed E-state index contributed by atoms with van der Waals surface area (Å²) in [4.78, 5) is 23.5. The Bertz CT molecular complexity index is 481. The van der Waals surface area contributed by atoms with Gasteiger partial charge in [-0.15, -0.1) is 0 Å². The summed E-state index contributed by atoms with van der Waals surface area (Å²) >= 11 is 0. The summed E-state index contributed by atoms with van der Waals surface area (Å²) < 4.78 is 5.15. The lowest BCUT2D eigenvalue weighted by atomic mass is 10.2.